The van der Waals surface area contributed by atoms with Crippen molar-refractivity contribution in [2.45, 2.75) is 20.8 Å². The molecule has 0 saturated heterocycles. The third kappa shape index (κ3) is 2.30. The molecule has 5 heteroatoms. The predicted molar refractivity (Wildman–Crippen MR) is 75.0 cm³/mol. The van der Waals surface area contributed by atoms with Gasteiger partial charge in [-0.1, -0.05) is 17.7 Å². The average molecular weight is 266 g/mol. The first kappa shape index (κ1) is 12.5. The molecular weight excluding hydrogens is 252 g/mol. The molecule has 1 aromatic carbocycles. The molecule has 5 nitrogen and oxygen atoms in total. The van der Waals surface area contributed by atoms with Gasteiger partial charge in [0.15, 0.2) is 0 Å². The molecule has 0 fully saturated rings. The Morgan fingerprint density at radius 3 is 2.30 bits per heavy atom. The fraction of sp³-hybridized carbons (Fsp3) is 0.200. The van der Waals surface area contributed by atoms with Crippen LogP contribution in [-0.4, -0.2) is 20.2 Å². The van der Waals surface area contributed by atoms with Crippen LogP contribution in [0.3, 0.4) is 0 Å². The Hall–Kier alpha value is -2.56. The fourth-order valence-electron chi connectivity index (χ4n) is 1.94. The normalized spacial score (nSPS) is 10.8. The molecule has 100 valence electrons. The van der Waals surface area contributed by atoms with Crippen molar-refractivity contribution in [1.29, 1.82) is 0 Å². The minimum Gasteiger partial charge on any atom is -0.416 e. The smallest absolute Gasteiger partial charge is 0.251 e. The molecule has 0 N–H and O–H groups in total. The van der Waals surface area contributed by atoms with Crippen LogP contribution in [0.1, 0.15) is 17.1 Å². The summed E-state index contributed by atoms with van der Waals surface area (Å²) < 4.78 is 5.71. The van der Waals surface area contributed by atoms with Gasteiger partial charge in [-0.2, -0.15) is 0 Å². The number of nitrogens with zero attached hydrogens (tertiary/aromatic N) is 4. The monoisotopic (exact) mass is 266 g/mol. The van der Waals surface area contributed by atoms with Gasteiger partial charge in [-0.15, -0.1) is 10.2 Å². The third-order valence-corrected chi connectivity index (χ3v) is 3.05. The zero-order valence-electron chi connectivity index (χ0n) is 11.6. The first-order chi connectivity index (χ1) is 9.63. The van der Waals surface area contributed by atoms with E-state index in [1.165, 1.54) is 5.56 Å². The first-order valence-electron chi connectivity index (χ1n) is 6.34. The number of benzene rings is 1. The van der Waals surface area contributed by atoms with E-state index >= 15 is 0 Å². The molecule has 0 radical (unpaired) electrons. The van der Waals surface area contributed by atoms with Crippen LogP contribution in [0, 0.1) is 20.8 Å². The van der Waals surface area contributed by atoms with Crippen molar-refractivity contribution in [1.82, 2.24) is 20.2 Å². The highest BCUT2D eigenvalue weighted by Gasteiger charge is 2.13. The predicted octanol–water partition coefficient (Wildman–Crippen LogP) is 3.12. The van der Waals surface area contributed by atoms with E-state index in [0.717, 1.165) is 22.6 Å². The highest BCUT2D eigenvalue weighted by atomic mass is 16.4. The second-order valence-corrected chi connectivity index (χ2v) is 4.69. The van der Waals surface area contributed by atoms with E-state index in [1.807, 2.05) is 45.0 Å². The van der Waals surface area contributed by atoms with E-state index in [2.05, 4.69) is 20.2 Å². The number of hydrogen-bond donors (Lipinski definition) is 0. The van der Waals surface area contributed by atoms with Gasteiger partial charge >= 0.3 is 0 Å². The van der Waals surface area contributed by atoms with E-state index < -0.39 is 0 Å². The van der Waals surface area contributed by atoms with Crippen LogP contribution in [-0.2, 0) is 0 Å². The molecule has 0 spiro atoms. The van der Waals surface area contributed by atoms with Crippen LogP contribution < -0.4 is 0 Å². The van der Waals surface area contributed by atoms with E-state index in [0.29, 0.717) is 11.8 Å². The van der Waals surface area contributed by atoms with Crippen molar-refractivity contribution >= 4 is 0 Å². The number of rotatable bonds is 2. The van der Waals surface area contributed by atoms with Crippen molar-refractivity contribution < 1.29 is 4.42 Å². The second kappa shape index (κ2) is 4.85. The second-order valence-electron chi connectivity index (χ2n) is 4.69. The molecule has 2 heterocycles. The lowest BCUT2D eigenvalue weighted by Crippen LogP contribution is -1.93. The Balaban J connectivity index is 1.99. The molecule has 0 aliphatic rings. The lowest BCUT2D eigenvalue weighted by atomic mass is 10.1. The summed E-state index contributed by atoms with van der Waals surface area (Å²) in [5.41, 5.74) is 3.69. The molecule has 2 aromatic heterocycles. The van der Waals surface area contributed by atoms with Gasteiger partial charge in [0.1, 0.15) is 5.82 Å². The maximum absolute atomic E-state index is 5.71. The molecule has 0 unspecified atom stereocenters. The molecule has 3 aromatic rings. The quantitative estimate of drug-likeness (QED) is 0.713. The molecule has 3 rings (SSSR count). The topological polar surface area (TPSA) is 64.7 Å². The van der Waals surface area contributed by atoms with Crippen molar-refractivity contribution in [3.8, 4) is 22.9 Å². The van der Waals surface area contributed by atoms with E-state index in [1.54, 1.807) is 6.20 Å². The Morgan fingerprint density at radius 2 is 1.60 bits per heavy atom. The van der Waals surface area contributed by atoms with Crippen molar-refractivity contribution in [2.75, 3.05) is 0 Å². The minimum atomic E-state index is 0.443. The summed E-state index contributed by atoms with van der Waals surface area (Å²) in [6.45, 7) is 5.79. The molecule has 0 bridgehead atoms. The fourth-order valence-corrected chi connectivity index (χ4v) is 1.94. The van der Waals surface area contributed by atoms with Crippen molar-refractivity contribution in [3.63, 3.8) is 0 Å². The Kier molecular flexibility index (Phi) is 3.02. The van der Waals surface area contributed by atoms with Gasteiger partial charge in [0.2, 0.25) is 5.89 Å². The molecule has 0 amide bonds. The summed E-state index contributed by atoms with van der Waals surface area (Å²) in [5, 5.41) is 8.16. The Bertz CT molecular complexity index is 747. The van der Waals surface area contributed by atoms with E-state index in [4.69, 9.17) is 4.42 Å². The summed E-state index contributed by atoms with van der Waals surface area (Å²) in [7, 11) is 0. The summed E-state index contributed by atoms with van der Waals surface area (Å²) in [6.07, 6.45) is 1.71. The number of aromatic nitrogens is 4. The first-order valence-corrected chi connectivity index (χ1v) is 6.34. The van der Waals surface area contributed by atoms with Gasteiger partial charge in [-0.25, -0.2) is 9.97 Å². The summed E-state index contributed by atoms with van der Waals surface area (Å²) >= 11 is 0. The number of hydrogen-bond acceptors (Lipinski definition) is 5. The SMILES string of the molecule is Cc1ccc(-c2nnc(-c3cnc(C)nc3C)o2)cc1. The van der Waals surface area contributed by atoms with Gasteiger partial charge in [0, 0.05) is 11.8 Å². The summed E-state index contributed by atoms with van der Waals surface area (Å²) in [6, 6.07) is 7.95. The van der Waals surface area contributed by atoms with Crippen molar-refractivity contribution in [2.24, 2.45) is 0 Å². The van der Waals surface area contributed by atoms with Crippen LogP contribution in [0.2, 0.25) is 0 Å². The van der Waals surface area contributed by atoms with Gasteiger partial charge in [-0.3, -0.25) is 0 Å². The van der Waals surface area contributed by atoms with Crippen LogP contribution in [0.25, 0.3) is 22.9 Å². The van der Waals surface area contributed by atoms with Crippen molar-refractivity contribution in [3.05, 3.63) is 47.5 Å². The maximum atomic E-state index is 5.71. The highest BCUT2D eigenvalue weighted by Crippen LogP contribution is 2.25. The molecule has 0 aliphatic carbocycles. The lowest BCUT2D eigenvalue weighted by Gasteiger charge is -2.00. The molecule has 0 atom stereocenters. The van der Waals surface area contributed by atoms with Crippen LogP contribution in [0.4, 0.5) is 0 Å². The standard InChI is InChI=1S/C15H14N4O/c1-9-4-6-12(7-5-9)14-18-19-15(20-14)13-8-16-11(3)17-10(13)2/h4-8H,1-3H3. The maximum Gasteiger partial charge on any atom is 0.251 e. The van der Waals surface area contributed by atoms with E-state index in [9.17, 15) is 0 Å². The zero-order valence-corrected chi connectivity index (χ0v) is 11.6. The molecule has 0 aliphatic heterocycles. The van der Waals surface area contributed by atoms with E-state index in [-0.39, 0.29) is 0 Å². The Morgan fingerprint density at radius 1 is 0.900 bits per heavy atom. The highest BCUT2D eigenvalue weighted by molar-refractivity contribution is 5.58. The van der Waals surface area contributed by atoms with Crippen LogP contribution >= 0.6 is 0 Å². The molecular formula is C15H14N4O. The van der Waals surface area contributed by atoms with Gasteiger partial charge in [-0.05, 0) is 32.9 Å². The summed E-state index contributed by atoms with van der Waals surface area (Å²) in [5.74, 6) is 1.67. The zero-order chi connectivity index (χ0) is 14.1. The number of aryl methyl sites for hydroxylation is 3. The summed E-state index contributed by atoms with van der Waals surface area (Å²) in [4.78, 5) is 8.48. The van der Waals surface area contributed by atoms with Gasteiger partial charge in [0.05, 0.1) is 11.3 Å². The van der Waals surface area contributed by atoms with Crippen LogP contribution in [0.5, 0.6) is 0 Å². The molecule has 0 saturated carbocycles. The van der Waals surface area contributed by atoms with Gasteiger partial charge in [0.25, 0.3) is 5.89 Å². The van der Waals surface area contributed by atoms with Gasteiger partial charge < -0.3 is 4.42 Å². The third-order valence-electron chi connectivity index (χ3n) is 3.05. The largest absolute Gasteiger partial charge is 0.416 e. The molecule has 20 heavy (non-hydrogen) atoms. The Labute approximate surface area is 116 Å². The average Bonchev–Trinajstić information content (AvgIpc) is 2.89. The van der Waals surface area contributed by atoms with Crippen LogP contribution in [0.15, 0.2) is 34.9 Å². The minimum absolute atomic E-state index is 0.443. The lowest BCUT2D eigenvalue weighted by molar-refractivity contribution is 0.583.